The fourth-order valence-electron chi connectivity index (χ4n) is 1.86. The van der Waals surface area contributed by atoms with Crippen LogP contribution < -0.4 is 10.1 Å². The Kier molecular flexibility index (Phi) is 4.04. The summed E-state index contributed by atoms with van der Waals surface area (Å²) in [4.78, 5) is 23.3. The summed E-state index contributed by atoms with van der Waals surface area (Å²) >= 11 is 0. The predicted molar refractivity (Wildman–Crippen MR) is 68.6 cm³/mol. The summed E-state index contributed by atoms with van der Waals surface area (Å²) in [5.74, 6) is 0.0378. The fraction of sp³-hybridized carbons (Fsp3) is 0.429. The Hall–Kier alpha value is -2.04. The highest BCUT2D eigenvalue weighted by atomic mass is 16.5. The van der Waals surface area contributed by atoms with Crippen molar-refractivity contribution in [3.63, 3.8) is 0 Å². The highest BCUT2D eigenvalue weighted by molar-refractivity contribution is 6.05. The maximum atomic E-state index is 11.9. The van der Waals surface area contributed by atoms with Gasteiger partial charge in [0.1, 0.15) is 17.8 Å². The van der Waals surface area contributed by atoms with Crippen LogP contribution in [0.3, 0.4) is 0 Å². The minimum absolute atomic E-state index is 0.268. The van der Waals surface area contributed by atoms with Crippen LogP contribution in [0.1, 0.15) is 12.8 Å². The number of amides is 1. The van der Waals surface area contributed by atoms with E-state index in [1.807, 2.05) is 30.3 Å². The van der Waals surface area contributed by atoms with Gasteiger partial charge in [0, 0.05) is 0 Å². The second kappa shape index (κ2) is 5.73. The van der Waals surface area contributed by atoms with Gasteiger partial charge in [-0.1, -0.05) is 18.2 Å². The number of esters is 1. The molecule has 0 unspecified atom stereocenters. The van der Waals surface area contributed by atoms with Crippen molar-refractivity contribution in [2.24, 2.45) is 5.41 Å². The number of benzene rings is 1. The van der Waals surface area contributed by atoms with Crippen LogP contribution in [0.4, 0.5) is 0 Å². The van der Waals surface area contributed by atoms with Crippen LogP contribution >= 0.6 is 0 Å². The maximum Gasteiger partial charge on any atom is 0.321 e. The van der Waals surface area contributed by atoms with E-state index in [2.05, 4.69) is 10.1 Å². The molecule has 1 fully saturated rings. The number of para-hydroxylation sites is 1. The minimum atomic E-state index is -0.943. The lowest BCUT2D eigenvalue weighted by atomic mass is 10.1. The zero-order valence-electron chi connectivity index (χ0n) is 10.8. The predicted octanol–water partition coefficient (Wildman–Crippen LogP) is 1.13. The average molecular weight is 263 g/mol. The standard InChI is InChI=1S/C14H17NO4/c1-18-13(17)14(7-8-14)12(16)15-9-10-19-11-5-3-2-4-6-11/h2-6H,7-10H2,1H3,(H,15,16). The highest BCUT2D eigenvalue weighted by Gasteiger charge is 2.57. The molecule has 0 atom stereocenters. The summed E-state index contributed by atoms with van der Waals surface area (Å²) in [6, 6.07) is 9.36. The Labute approximate surface area is 111 Å². The van der Waals surface area contributed by atoms with E-state index in [0.717, 1.165) is 5.75 Å². The third-order valence-corrected chi connectivity index (χ3v) is 3.16. The monoisotopic (exact) mass is 263 g/mol. The minimum Gasteiger partial charge on any atom is -0.492 e. The Morgan fingerprint density at radius 1 is 1.26 bits per heavy atom. The smallest absolute Gasteiger partial charge is 0.321 e. The first kappa shape index (κ1) is 13.4. The molecule has 0 bridgehead atoms. The molecule has 0 aliphatic heterocycles. The number of hydrogen-bond acceptors (Lipinski definition) is 4. The lowest BCUT2D eigenvalue weighted by Gasteiger charge is -2.13. The number of carbonyl (C=O) groups excluding carboxylic acids is 2. The first-order valence-electron chi connectivity index (χ1n) is 6.23. The normalized spacial score (nSPS) is 15.4. The third-order valence-electron chi connectivity index (χ3n) is 3.16. The molecule has 0 saturated heterocycles. The van der Waals surface area contributed by atoms with Gasteiger partial charge in [-0.05, 0) is 25.0 Å². The number of ether oxygens (including phenoxy) is 2. The largest absolute Gasteiger partial charge is 0.492 e. The van der Waals surface area contributed by atoms with Gasteiger partial charge in [-0.3, -0.25) is 9.59 Å². The van der Waals surface area contributed by atoms with Crippen molar-refractivity contribution in [2.75, 3.05) is 20.3 Å². The summed E-state index contributed by atoms with van der Waals surface area (Å²) in [5, 5.41) is 2.71. The van der Waals surface area contributed by atoms with Gasteiger partial charge in [-0.2, -0.15) is 0 Å². The number of methoxy groups -OCH3 is 1. The molecule has 1 aliphatic rings. The Bertz CT molecular complexity index is 454. The molecule has 1 saturated carbocycles. The molecule has 1 amide bonds. The van der Waals surface area contributed by atoms with E-state index in [-0.39, 0.29) is 5.91 Å². The molecular weight excluding hydrogens is 246 g/mol. The molecule has 2 rings (SSSR count). The number of nitrogens with one attached hydrogen (secondary N) is 1. The van der Waals surface area contributed by atoms with Crippen LogP contribution in [0.5, 0.6) is 5.75 Å². The average Bonchev–Trinajstić information content (AvgIpc) is 3.25. The second-order valence-corrected chi connectivity index (χ2v) is 4.49. The Morgan fingerprint density at radius 2 is 1.95 bits per heavy atom. The molecule has 1 N–H and O–H groups in total. The zero-order valence-corrected chi connectivity index (χ0v) is 10.8. The molecular formula is C14H17NO4. The summed E-state index contributed by atoms with van der Waals surface area (Å²) in [6.45, 7) is 0.736. The number of carbonyl (C=O) groups is 2. The van der Waals surface area contributed by atoms with E-state index in [9.17, 15) is 9.59 Å². The summed E-state index contributed by atoms with van der Waals surface area (Å²) in [6.07, 6.45) is 1.12. The van der Waals surface area contributed by atoms with Gasteiger partial charge >= 0.3 is 5.97 Å². The van der Waals surface area contributed by atoms with Crippen LogP contribution in [0.2, 0.25) is 0 Å². The van der Waals surface area contributed by atoms with Gasteiger partial charge in [0.05, 0.1) is 13.7 Å². The Morgan fingerprint density at radius 3 is 2.53 bits per heavy atom. The van der Waals surface area contributed by atoms with Gasteiger partial charge < -0.3 is 14.8 Å². The third kappa shape index (κ3) is 3.05. The number of rotatable bonds is 6. The van der Waals surface area contributed by atoms with Crippen molar-refractivity contribution in [3.8, 4) is 5.75 Å². The molecule has 0 aromatic heterocycles. The SMILES string of the molecule is COC(=O)C1(C(=O)NCCOc2ccccc2)CC1. The van der Waals surface area contributed by atoms with Gasteiger partial charge in [-0.15, -0.1) is 0 Å². The Balaban J connectivity index is 1.72. The van der Waals surface area contributed by atoms with Crippen LogP contribution in [0.15, 0.2) is 30.3 Å². The fourth-order valence-corrected chi connectivity index (χ4v) is 1.86. The molecule has 5 heteroatoms. The van der Waals surface area contributed by atoms with Gasteiger partial charge in [-0.25, -0.2) is 0 Å². The molecule has 1 aliphatic carbocycles. The first-order chi connectivity index (χ1) is 9.19. The van der Waals surface area contributed by atoms with Gasteiger partial charge in [0.15, 0.2) is 0 Å². The van der Waals surface area contributed by atoms with E-state index in [4.69, 9.17) is 4.74 Å². The summed E-state index contributed by atoms with van der Waals surface area (Å²) in [5.41, 5.74) is -0.943. The molecule has 19 heavy (non-hydrogen) atoms. The van der Waals surface area contributed by atoms with Crippen LogP contribution in [0, 0.1) is 5.41 Å². The lowest BCUT2D eigenvalue weighted by Crippen LogP contribution is -2.39. The van der Waals surface area contributed by atoms with Crippen molar-refractivity contribution in [1.29, 1.82) is 0 Å². The van der Waals surface area contributed by atoms with E-state index in [1.165, 1.54) is 7.11 Å². The topological polar surface area (TPSA) is 64.6 Å². The van der Waals surface area contributed by atoms with E-state index < -0.39 is 11.4 Å². The van der Waals surface area contributed by atoms with E-state index in [1.54, 1.807) is 0 Å². The van der Waals surface area contributed by atoms with Crippen LogP contribution in [0.25, 0.3) is 0 Å². The van der Waals surface area contributed by atoms with Crippen LogP contribution in [-0.2, 0) is 14.3 Å². The van der Waals surface area contributed by atoms with E-state index >= 15 is 0 Å². The molecule has 0 spiro atoms. The number of hydrogen-bond donors (Lipinski definition) is 1. The zero-order chi connectivity index (χ0) is 13.7. The molecule has 1 aromatic carbocycles. The first-order valence-corrected chi connectivity index (χ1v) is 6.23. The van der Waals surface area contributed by atoms with Crippen molar-refractivity contribution < 1.29 is 19.1 Å². The maximum absolute atomic E-state index is 11.9. The molecule has 5 nitrogen and oxygen atoms in total. The lowest BCUT2D eigenvalue weighted by molar-refractivity contribution is -0.152. The molecule has 0 heterocycles. The molecule has 0 radical (unpaired) electrons. The quantitative estimate of drug-likeness (QED) is 0.475. The molecule has 1 aromatic rings. The van der Waals surface area contributed by atoms with Crippen LogP contribution in [-0.4, -0.2) is 32.1 Å². The summed E-state index contributed by atoms with van der Waals surface area (Å²) < 4.78 is 10.1. The summed E-state index contributed by atoms with van der Waals surface area (Å²) in [7, 11) is 1.30. The second-order valence-electron chi connectivity index (χ2n) is 4.49. The molecule has 102 valence electrons. The van der Waals surface area contributed by atoms with Gasteiger partial charge in [0.2, 0.25) is 5.91 Å². The van der Waals surface area contributed by atoms with Crippen molar-refractivity contribution in [3.05, 3.63) is 30.3 Å². The van der Waals surface area contributed by atoms with E-state index in [0.29, 0.717) is 26.0 Å². The highest BCUT2D eigenvalue weighted by Crippen LogP contribution is 2.46. The van der Waals surface area contributed by atoms with Crippen molar-refractivity contribution >= 4 is 11.9 Å². The van der Waals surface area contributed by atoms with Gasteiger partial charge in [0.25, 0.3) is 0 Å². The van der Waals surface area contributed by atoms with Crippen molar-refractivity contribution in [2.45, 2.75) is 12.8 Å². The van der Waals surface area contributed by atoms with Crippen molar-refractivity contribution in [1.82, 2.24) is 5.32 Å².